The zero-order valence-electron chi connectivity index (χ0n) is 10.9. The Balaban J connectivity index is 1.65. The fourth-order valence-electron chi connectivity index (χ4n) is 2.04. The number of hydrogen-bond acceptors (Lipinski definition) is 4. The molecule has 0 aliphatic carbocycles. The lowest BCUT2D eigenvalue weighted by Crippen LogP contribution is -2.44. The third kappa shape index (κ3) is 5.19. The summed E-state index contributed by atoms with van der Waals surface area (Å²) in [7, 11) is 0. The van der Waals surface area contributed by atoms with E-state index in [1.807, 2.05) is 12.1 Å². The van der Waals surface area contributed by atoms with Gasteiger partial charge in [0, 0.05) is 37.7 Å². The number of carbonyl (C=O) groups is 1. The van der Waals surface area contributed by atoms with Crippen LogP contribution in [0.25, 0.3) is 0 Å². The summed E-state index contributed by atoms with van der Waals surface area (Å²) in [6, 6.07) is 7.26. The van der Waals surface area contributed by atoms with Crippen LogP contribution in [-0.2, 0) is 16.0 Å². The molecule has 1 fully saturated rings. The van der Waals surface area contributed by atoms with Crippen molar-refractivity contribution in [1.82, 2.24) is 10.2 Å². The maximum Gasteiger partial charge on any atom is 0.310 e. The summed E-state index contributed by atoms with van der Waals surface area (Å²) < 4.78 is 5.24. The minimum atomic E-state index is -0.183. The van der Waals surface area contributed by atoms with E-state index >= 15 is 0 Å². The van der Waals surface area contributed by atoms with Crippen molar-refractivity contribution in [3.63, 3.8) is 0 Å². The quantitative estimate of drug-likeness (QED) is 0.828. The molecule has 1 heterocycles. The fourth-order valence-corrected chi connectivity index (χ4v) is 2.17. The molecule has 1 saturated heterocycles. The van der Waals surface area contributed by atoms with E-state index in [9.17, 15) is 4.79 Å². The Morgan fingerprint density at radius 2 is 1.95 bits per heavy atom. The van der Waals surface area contributed by atoms with Gasteiger partial charge in [-0.15, -0.1) is 0 Å². The third-order valence-corrected chi connectivity index (χ3v) is 3.39. The molecule has 0 atom stereocenters. The maximum atomic E-state index is 11.7. The number of halogens is 1. The van der Waals surface area contributed by atoms with Gasteiger partial charge >= 0.3 is 5.97 Å². The molecule has 0 aromatic heterocycles. The average molecular weight is 283 g/mol. The molecular formula is C14H19ClN2O2. The Morgan fingerprint density at radius 3 is 2.63 bits per heavy atom. The van der Waals surface area contributed by atoms with Crippen LogP contribution in [0.15, 0.2) is 24.3 Å². The normalized spacial score (nSPS) is 16.3. The van der Waals surface area contributed by atoms with Crippen LogP contribution in [-0.4, -0.2) is 50.2 Å². The second-order valence-corrected chi connectivity index (χ2v) is 5.05. The first-order valence-corrected chi connectivity index (χ1v) is 6.95. The fraction of sp³-hybridized carbons (Fsp3) is 0.500. The van der Waals surface area contributed by atoms with Crippen LogP contribution in [0.5, 0.6) is 0 Å². The molecule has 19 heavy (non-hydrogen) atoms. The molecule has 1 aromatic carbocycles. The van der Waals surface area contributed by atoms with E-state index in [1.54, 1.807) is 12.1 Å². The van der Waals surface area contributed by atoms with Gasteiger partial charge in [-0.1, -0.05) is 23.7 Å². The van der Waals surface area contributed by atoms with Gasteiger partial charge in [-0.25, -0.2) is 0 Å². The van der Waals surface area contributed by atoms with E-state index in [1.165, 1.54) is 0 Å². The van der Waals surface area contributed by atoms with Crippen LogP contribution in [0.4, 0.5) is 0 Å². The van der Waals surface area contributed by atoms with Gasteiger partial charge in [0.25, 0.3) is 0 Å². The molecule has 0 radical (unpaired) electrons. The number of nitrogens with zero attached hydrogens (tertiary/aromatic N) is 1. The summed E-state index contributed by atoms with van der Waals surface area (Å²) >= 11 is 5.79. The topological polar surface area (TPSA) is 41.6 Å². The highest BCUT2D eigenvalue weighted by molar-refractivity contribution is 6.30. The van der Waals surface area contributed by atoms with Crippen molar-refractivity contribution < 1.29 is 9.53 Å². The molecule has 0 amide bonds. The predicted octanol–water partition coefficient (Wildman–Crippen LogP) is 1.33. The predicted molar refractivity (Wildman–Crippen MR) is 75.4 cm³/mol. The second-order valence-electron chi connectivity index (χ2n) is 4.62. The largest absolute Gasteiger partial charge is 0.464 e. The molecule has 4 nitrogen and oxygen atoms in total. The van der Waals surface area contributed by atoms with Crippen LogP contribution in [0.2, 0.25) is 5.02 Å². The minimum Gasteiger partial charge on any atom is -0.464 e. The second kappa shape index (κ2) is 7.48. The zero-order chi connectivity index (χ0) is 13.5. The summed E-state index contributed by atoms with van der Waals surface area (Å²) in [5, 5.41) is 3.97. The van der Waals surface area contributed by atoms with Gasteiger partial charge < -0.3 is 10.1 Å². The molecule has 0 unspecified atom stereocenters. The Hall–Kier alpha value is -1.10. The molecular weight excluding hydrogens is 264 g/mol. The summed E-state index contributed by atoms with van der Waals surface area (Å²) in [4.78, 5) is 14.0. The number of rotatable bonds is 5. The van der Waals surface area contributed by atoms with Crippen molar-refractivity contribution in [2.24, 2.45) is 0 Å². The standard InChI is InChI=1S/C14H19ClN2O2/c15-13-3-1-12(2-4-13)11-14(18)19-10-9-17-7-5-16-6-8-17/h1-4,16H,5-11H2. The zero-order valence-corrected chi connectivity index (χ0v) is 11.7. The van der Waals surface area contributed by atoms with E-state index in [0.29, 0.717) is 18.1 Å². The first-order chi connectivity index (χ1) is 9.24. The summed E-state index contributed by atoms with van der Waals surface area (Å²) in [6.45, 7) is 5.35. The number of piperazine rings is 1. The molecule has 0 spiro atoms. The van der Waals surface area contributed by atoms with Crippen molar-refractivity contribution in [2.45, 2.75) is 6.42 Å². The first-order valence-electron chi connectivity index (χ1n) is 6.57. The molecule has 1 aliphatic rings. The molecule has 2 rings (SSSR count). The van der Waals surface area contributed by atoms with Crippen LogP contribution in [0.3, 0.4) is 0 Å². The lowest BCUT2D eigenvalue weighted by molar-refractivity contribution is -0.143. The Morgan fingerprint density at radius 1 is 1.26 bits per heavy atom. The third-order valence-electron chi connectivity index (χ3n) is 3.14. The van der Waals surface area contributed by atoms with Gasteiger partial charge in [-0.3, -0.25) is 9.69 Å². The van der Waals surface area contributed by atoms with Crippen LogP contribution in [0, 0.1) is 0 Å². The minimum absolute atomic E-state index is 0.183. The molecule has 0 saturated carbocycles. The SMILES string of the molecule is O=C(Cc1ccc(Cl)cc1)OCCN1CCNCC1. The summed E-state index contributed by atoms with van der Waals surface area (Å²) in [5.41, 5.74) is 0.927. The van der Waals surface area contributed by atoms with Crippen molar-refractivity contribution >= 4 is 17.6 Å². The van der Waals surface area contributed by atoms with Crippen molar-refractivity contribution in [2.75, 3.05) is 39.3 Å². The highest BCUT2D eigenvalue weighted by Gasteiger charge is 2.10. The number of benzene rings is 1. The van der Waals surface area contributed by atoms with Crippen molar-refractivity contribution in [3.8, 4) is 0 Å². The van der Waals surface area contributed by atoms with E-state index in [2.05, 4.69) is 10.2 Å². The van der Waals surface area contributed by atoms with E-state index < -0.39 is 0 Å². The molecule has 5 heteroatoms. The molecule has 1 aliphatic heterocycles. The highest BCUT2D eigenvalue weighted by Crippen LogP contribution is 2.10. The van der Waals surface area contributed by atoms with Crippen LogP contribution >= 0.6 is 11.6 Å². The van der Waals surface area contributed by atoms with E-state index in [-0.39, 0.29) is 5.97 Å². The van der Waals surface area contributed by atoms with Crippen LogP contribution in [0.1, 0.15) is 5.56 Å². The number of nitrogens with one attached hydrogen (secondary N) is 1. The van der Waals surface area contributed by atoms with Crippen molar-refractivity contribution in [1.29, 1.82) is 0 Å². The summed E-state index contributed by atoms with van der Waals surface area (Å²) in [5.74, 6) is -0.183. The molecule has 1 aromatic rings. The molecule has 1 N–H and O–H groups in total. The monoisotopic (exact) mass is 282 g/mol. The lowest BCUT2D eigenvalue weighted by Gasteiger charge is -2.26. The average Bonchev–Trinajstić information content (AvgIpc) is 2.43. The number of hydrogen-bond donors (Lipinski definition) is 1. The van der Waals surface area contributed by atoms with E-state index in [0.717, 1.165) is 38.3 Å². The van der Waals surface area contributed by atoms with Crippen LogP contribution < -0.4 is 5.32 Å². The molecule has 104 valence electrons. The van der Waals surface area contributed by atoms with Crippen molar-refractivity contribution in [3.05, 3.63) is 34.9 Å². The first kappa shape index (κ1) is 14.3. The van der Waals surface area contributed by atoms with E-state index in [4.69, 9.17) is 16.3 Å². The van der Waals surface area contributed by atoms with Gasteiger partial charge in [0.1, 0.15) is 6.61 Å². The Bertz CT molecular complexity index is 402. The Labute approximate surface area is 118 Å². The number of ether oxygens (including phenoxy) is 1. The number of carbonyl (C=O) groups excluding carboxylic acids is 1. The smallest absolute Gasteiger partial charge is 0.310 e. The van der Waals surface area contributed by atoms with Gasteiger partial charge in [0.2, 0.25) is 0 Å². The maximum absolute atomic E-state index is 11.7. The highest BCUT2D eigenvalue weighted by atomic mass is 35.5. The molecule has 0 bridgehead atoms. The summed E-state index contributed by atoms with van der Waals surface area (Å²) in [6.07, 6.45) is 0.304. The van der Waals surface area contributed by atoms with Gasteiger partial charge in [0.05, 0.1) is 6.42 Å². The Kier molecular flexibility index (Phi) is 5.63. The number of esters is 1. The van der Waals surface area contributed by atoms with Gasteiger partial charge in [-0.2, -0.15) is 0 Å². The van der Waals surface area contributed by atoms with Gasteiger partial charge in [-0.05, 0) is 17.7 Å². The van der Waals surface area contributed by atoms with Gasteiger partial charge in [0.15, 0.2) is 0 Å². The lowest BCUT2D eigenvalue weighted by atomic mass is 10.1.